The summed E-state index contributed by atoms with van der Waals surface area (Å²) in [6, 6.07) is 8.56. The van der Waals surface area contributed by atoms with Crippen LogP contribution >= 0.6 is 11.8 Å². The molecule has 1 fully saturated rings. The molecule has 0 radical (unpaired) electrons. The van der Waals surface area contributed by atoms with Crippen molar-refractivity contribution in [2.75, 3.05) is 31.3 Å². The van der Waals surface area contributed by atoms with E-state index in [9.17, 15) is 0 Å². The molecular weight excluding hydrogens is 270 g/mol. The Morgan fingerprint density at radius 2 is 1.90 bits per heavy atom. The number of nitrogens with one attached hydrogen (secondary N) is 1. The third-order valence-electron chi connectivity index (χ3n) is 3.56. The Bertz CT molecular complexity index is 400. The fourth-order valence-corrected chi connectivity index (χ4v) is 4.02. The summed E-state index contributed by atoms with van der Waals surface area (Å²) in [5, 5.41) is 3.57. The first kappa shape index (κ1) is 15.5. The van der Waals surface area contributed by atoms with Crippen LogP contribution in [-0.2, 0) is 0 Å². The van der Waals surface area contributed by atoms with E-state index in [1.54, 1.807) is 0 Å². The molecule has 2 unspecified atom stereocenters. The highest BCUT2D eigenvalue weighted by Gasteiger charge is 2.26. The number of thioether (sulfide) groups is 1. The highest BCUT2D eigenvalue weighted by molar-refractivity contribution is 7.99. The molecule has 2 rings (SSSR count). The lowest BCUT2D eigenvalue weighted by Gasteiger charge is -2.20. The minimum atomic E-state index is 0.649. The molecule has 3 nitrogen and oxygen atoms in total. The van der Waals surface area contributed by atoms with E-state index in [2.05, 4.69) is 12.2 Å². The van der Waals surface area contributed by atoms with E-state index < -0.39 is 0 Å². The molecule has 1 aromatic rings. The van der Waals surface area contributed by atoms with Crippen LogP contribution < -0.4 is 14.8 Å². The lowest BCUT2D eigenvalue weighted by atomic mass is 10.0. The Morgan fingerprint density at radius 1 is 1.15 bits per heavy atom. The van der Waals surface area contributed by atoms with E-state index in [0.717, 1.165) is 37.0 Å². The van der Waals surface area contributed by atoms with Crippen LogP contribution in [0.3, 0.4) is 0 Å². The van der Waals surface area contributed by atoms with Crippen LogP contribution in [0.2, 0.25) is 0 Å². The summed E-state index contributed by atoms with van der Waals surface area (Å²) >= 11 is 2.05. The van der Waals surface area contributed by atoms with Gasteiger partial charge in [0.05, 0.1) is 13.2 Å². The molecule has 20 heavy (non-hydrogen) atoms. The third-order valence-corrected chi connectivity index (χ3v) is 4.82. The van der Waals surface area contributed by atoms with Gasteiger partial charge in [0.2, 0.25) is 0 Å². The van der Waals surface area contributed by atoms with Gasteiger partial charge < -0.3 is 14.8 Å². The molecule has 0 spiro atoms. The second-order valence-electron chi connectivity index (χ2n) is 4.98. The van der Waals surface area contributed by atoms with Crippen molar-refractivity contribution >= 4 is 11.8 Å². The van der Waals surface area contributed by atoms with Crippen LogP contribution in [0.5, 0.6) is 11.5 Å². The van der Waals surface area contributed by atoms with Gasteiger partial charge in [0.1, 0.15) is 0 Å². The molecule has 1 N–H and O–H groups in total. The molecule has 0 aromatic heterocycles. The predicted octanol–water partition coefficient (Wildman–Crippen LogP) is 3.20. The zero-order chi connectivity index (χ0) is 14.2. The average Bonchev–Trinajstić information content (AvgIpc) is 2.89. The zero-order valence-electron chi connectivity index (χ0n) is 12.4. The number of para-hydroxylation sites is 2. The largest absolute Gasteiger partial charge is 0.490 e. The van der Waals surface area contributed by atoms with Gasteiger partial charge in [-0.05, 0) is 43.7 Å². The Morgan fingerprint density at radius 3 is 2.60 bits per heavy atom. The van der Waals surface area contributed by atoms with E-state index in [4.69, 9.17) is 9.47 Å². The van der Waals surface area contributed by atoms with Crippen molar-refractivity contribution in [3.05, 3.63) is 24.3 Å². The van der Waals surface area contributed by atoms with E-state index in [0.29, 0.717) is 12.6 Å². The van der Waals surface area contributed by atoms with Crippen LogP contribution in [-0.4, -0.2) is 37.3 Å². The molecule has 0 saturated carbocycles. The van der Waals surface area contributed by atoms with Crippen molar-refractivity contribution in [2.45, 2.75) is 26.3 Å². The molecule has 112 valence electrons. The number of rotatable bonds is 8. The van der Waals surface area contributed by atoms with E-state index in [1.807, 2.05) is 43.0 Å². The highest BCUT2D eigenvalue weighted by atomic mass is 32.2. The second-order valence-corrected chi connectivity index (χ2v) is 6.05. The first-order chi connectivity index (χ1) is 9.85. The minimum absolute atomic E-state index is 0.649. The van der Waals surface area contributed by atoms with Gasteiger partial charge in [-0.1, -0.05) is 19.1 Å². The fourth-order valence-electron chi connectivity index (χ4n) is 2.54. The van der Waals surface area contributed by atoms with Crippen molar-refractivity contribution in [3.8, 4) is 11.5 Å². The molecule has 0 bridgehead atoms. The number of hydrogen-bond acceptors (Lipinski definition) is 4. The normalized spacial score (nSPS) is 21.9. The van der Waals surface area contributed by atoms with E-state index >= 15 is 0 Å². The van der Waals surface area contributed by atoms with Crippen molar-refractivity contribution < 1.29 is 9.47 Å². The SMILES string of the molecule is CCNC1CSCC1CCOc1ccccc1OCC. The summed E-state index contributed by atoms with van der Waals surface area (Å²) in [5.41, 5.74) is 0. The maximum atomic E-state index is 5.92. The summed E-state index contributed by atoms with van der Waals surface area (Å²) in [4.78, 5) is 0. The van der Waals surface area contributed by atoms with Crippen LogP contribution in [0.1, 0.15) is 20.3 Å². The molecule has 1 heterocycles. The van der Waals surface area contributed by atoms with Crippen molar-refractivity contribution in [2.24, 2.45) is 5.92 Å². The molecule has 1 aliphatic rings. The molecule has 1 aliphatic heterocycles. The first-order valence-corrected chi connectivity index (χ1v) is 8.66. The summed E-state index contributed by atoms with van der Waals surface area (Å²) < 4.78 is 11.5. The van der Waals surface area contributed by atoms with Gasteiger partial charge in [-0.2, -0.15) is 11.8 Å². The lowest BCUT2D eigenvalue weighted by Crippen LogP contribution is -2.35. The van der Waals surface area contributed by atoms with Crippen molar-refractivity contribution in [1.29, 1.82) is 0 Å². The Kier molecular flexibility index (Phi) is 6.54. The third kappa shape index (κ3) is 4.32. The van der Waals surface area contributed by atoms with E-state index in [-0.39, 0.29) is 0 Å². The molecule has 0 aliphatic carbocycles. The second kappa shape index (κ2) is 8.42. The highest BCUT2D eigenvalue weighted by Crippen LogP contribution is 2.29. The van der Waals surface area contributed by atoms with Gasteiger partial charge in [0.25, 0.3) is 0 Å². The monoisotopic (exact) mass is 295 g/mol. The number of benzene rings is 1. The summed E-state index contributed by atoms with van der Waals surface area (Å²) in [6.07, 6.45) is 1.10. The Hall–Kier alpha value is -0.870. The van der Waals surface area contributed by atoms with Gasteiger partial charge in [-0.3, -0.25) is 0 Å². The van der Waals surface area contributed by atoms with Crippen LogP contribution in [0, 0.1) is 5.92 Å². The lowest BCUT2D eigenvalue weighted by molar-refractivity contribution is 0.249. The molecular formula is C16H25NO2S. The van der Waals surface area contributed by atoms with Gasteiger partial charge in [-0.25, -0.2) is 0 Å². The van der Waals surface area contributed by atoms with E-state index in [1.165, 1.54) is 11.5 Å². The smallest absolute Gasteiger partial charge is 0.161 e. The number of hydrogen-bond donors (Lipinski definition) is 1. The van der Waals surface area contributed by atoms with Gasteiger partial charge >= 0.3 is 0 Å². The molecule has 4 heteroatoms. The van der Waals surface area contributed by atoms with Gasteiger partial charge in [0.15, 0.2) is 11.5 Å². The van der Waals surface area contributed by atoms with Gasteiger partial charge in [-0.15, -0.1) is 0 Å². The topological polar surface area (TPSA) is 30.5 Å². The Balaban J connectivity index is 1.80. The average molecular weight is 295 g/mol. The zero-order valence-corrected chi connectivity index (χ0v) is 13.2. The fraction of sp³-hybridized carbons (Fsp3) is 0.625. The van der Waals surface area contributed by atoms with Crippen LogP contribution in [0.25, 0.3) is 0 Å². The molecule has 2 atom stereocenters. The van der Waals surface area contributed by atoms with Crippen LogP contribution in [0.4, 0.5) is 0 Å². The van der Waals surface area contributed by atoms with Crippen molar-refractivity contribution in [1.82, 2.24) is 5.32 Å². The maximum absolute atomic E-state index is 5.92. The molecule has 1 aromatic carbocycles. The summed E-state index contributed by atoms with van der Waals surface area (Å²) in [7, 11) is 0. The van der Waals surface area contributed by atoms with Crippen molar-refractivity contribution in [3.63, 3.8) is 0 Å². The summed E-state index contributed by atoms with van der Waals surface area (Å²) in [5.74, 6) is 4.90. The predicted molar refractivity (Wildman–Crippen MR) is 86.0 cm³/mol. The quantitative estimate of drug-likeness (QED) is 0.798. The molecule has 1 saturated heterocycles. The minimum Gasteiger partial charge on any atom is -0.490 e. The maximum Gasteiger partial charge on any atom is 0.161 e. The Labute approximate surface area is 126 Å². The van der Waals surface area contributed by atoms with Gasteiger partial charge in [0, 0.05) is 11.8 Å². The first-order valence-electron chi connectivity index (χ1n) is 7.50. The number of ether oxygens (including phenoxy) is 2. The van der Waals surface area contributed by atoms with Crippen LogP contribution in [0.15, 0.2) is 24.3 Å². The standard InChI is InChI=1S/C16H25NO2S/c1-3-17-14-12-20-11-13(14)9-10-19-16-8-6-5-7-15(16)18-4-2/h5-8,13-14,17H,3-4,9-12H2,1-2H3. The molecule has 0 amide bonds. The summed E-state index contributed by atoms with van der Waals surface area (Å²) in [6.45, 7) is 6.65.